The highest BCUT2D eigenvalue weighted by Gasteiger charge is 2.47. The van der Waals surface area contributed by atoms with Crippen molar-refractivity contribution in [1.29, 1.82) is 0 Å². The van der Waals surface area contributed by atoms with Crippen LogP contribution in [0.3, 0.4) is 0 Å². The van der Waals surface area contributed by atoms with Crippen molar-refractivity contribution in [2.75, 3.05) is 13.1 Å². The number of nitrogens with zero attached hydrogens (tertiary/aromatic N) is 1. The van der Waals surface area contributed by atoms with Gasteiger partial charge in [0.1, 0.15) is 0 Å². The Kier molecular flexibility index (Phi) is 5.51. The topological polar surface area (TPSA) is 66.5 Å². The molecule has 2 atom stereocenters. The lowest BCUT2D eigenvalue weighted by Crippen LogP contribution is -2.41. The maximum absolute atomic E-state index is 12.5. The Morgan fingerprint density at radius 1 is 0.964 bits per heavy atom. The van der Waals surface area contributed by atoms with Crippen LogP contribution in [0.5, 0.6) is 0 Å². The van der Waals surface area contributed by atoms with Gasteiger partial charge in [-0.1, -0.05) is 56.0 Å². The van der Waals surface area contributed by atoms with E-state index in [0.717, 1.165) is 38.5 Å². The van der Waals surface area contributed by atoms with Gasteiger partial charge in [-0.05, 0) is 31.2 Å². The summed E-state index contributed by atoms with van der Waals surface area (Å²) < 4.78 is 0. The van der Waals surface area contributed by atoms with Crippen LogP contribution in [-0.4, -0.2) is 35.7 Å². The van der Waals surface area contributed by atoms with Gasteiger partial charge in [-0.25, -0.2) is 0 Å². The fourth-order valence-electron chi connectivity index (χ4n) is 5.43. The minimum atomic E-state index is -0.135. The molecule has 3 fully saturated rings. The maximum atomic E-state index is 12.5. The van der Waals surface area contributed by atoms with Crippen LogP contribution in [0.4, 0.5) is 0 Å². The van der Waals surface area contributed by atoms with Crippen LogP contribution in [0.2, 0.25) is 0 Å². The third-order valence-corrected chi connectivity index (χ3v) is 7.07. The molecule has 3 aliphatic rings. The van der Waals surface area contributed by atoms with Crippen molar-refractivity contribution in [3.05, 3.63) is 35.9 Å². The van der Waals surface area contributed by atoms with Crippen LogP contribution < -0.4 is 5.32 Å². The van der Waals surface area contributed by atoms with Gasteiger partial charge in [-0.15, -0.1) is 0 Å². The van der Waals surface area contributed by atoms with Crippen molar-refractivity contribution in [3.8, 4) is 0 Å². The van der Waals surface area contributed by atoms with Crippen molar-refractivity contribution >= 4 is 17.7 Å². The molecule has 1 heterocycles. The molecule has 1 N–H and O–H groups in total. The van der Waals surface area contributed by atoms with Gasteiger partial charge in [0.05, 0.1) is 11.8 Å². The smallest absolute Gasteiger partial charge is 0.233 e. The maximum Gasteiger partial charge on any atom is 0.233 e. The summed E-state index contributed by atoms with van der Waals surface area (Å²) in [5, 5.41) is 3.09. The lowest BCUT2D eigenvalue weighted by Gasteiger charge is -2.30. The van der Waals surface area contributed by atoms with E-state index in [1.54, 1.807) is 0 Å². The first-order valence-corrected chi connectivity index (χ1v) is 10.8. The summed E-state index contributed by atoms with van der Waals surface area (Å²) in [5.74, 6) is -0.455. The quantitative estimate of drug-likeness (QED) is 0.769. The molecule has 4 rings (SSSR count). The lowest BCUT2D eigenvalue weighted by atomic mass is 9.79. The van der Waals surface area contributed by atoms with E-state index in [1.165, 1.54) is 23.3 Å². The first-order chi connectivity index (χ1) is 13.6. The molecule has 0 radical (unpaired) electrons. The molecule has 150 valence electrons. The number of fused-ring (bicyclic) bond motifs is 1. The highest BCUT2D eigenvalue weighted by molar-refractivity contribution is 6.05. The molecule has 2 saturated carbocycles. The second-order valence-electron chi connectivity index (χ2n) is 8.71. The summed E-state index contributed by atoms with van der Waals surface area (Å²) in [6, 6.07) is 10.4. The Labute approximate surface area is 166 Å². The minimum Gasteiger partial charge on any atom is -0.355 e. The van der Waals surface area contributed by atoms with E-state index in [0.29, 0.717) is 6.54 Å². The fourth-order valence-corrected chi connectivity index (χ4v) is 5.43. The Bertz CT molecular complexity index is 715. The second kappa shape index (κ2) is 8.06. The van der Waals surface area contributed by atoms with Crippen LogP contribution in [0, 0.1) is 11.8 Å². The zero-order valence-corrected chi connectivity index (χ0v) is 16.5. The molecular formula is C23H30N2O3. The highest BCUT2D eigenvalue weighted by atomic mass is 16.2. The molecule has 2 aliphatic carbocycles. The molecule has 1 saturated heterocycles. The Morgan fingerprint density at radius 2 is 1.57 bits per heavy atom. The molecule has 1 aromatic rings. The van der Waals surface area contributed by atoms with E-state index < -0.39 is 0 Å². The van der Waals surface area contributed by atoms with Gasteiger partial charge in [0.25, 0.3) is 0 Å². The van der Waals surface area contributed by atoms with Crippen molar-refractivity contribution < 1.29 is 14.4 Å². The molecule has 1 aromatic carbocycles. The number of rotatable bonds is 6. The molecule has 5 heteroatoms. The molecule has 28 heavy (non-hydrogen) atoms. The van der Waals surface area contributed by atoms with E-state index in [-0.39, 0.29) is 47.9 Å². The zero-order chi connectivity index (χ0) is 19.6. The number of amides is 3. The van der Waals surface area contributed by atoms with E-state index in [4.69, 9.17) is 0 Å². The van der Waals surface area contributed by atoms with E-state index in [9.17, 15) is 14.4 Å². The van der Waals surface area contributed by atoms with Crippen LogP contribution in [0.25, 0.3) is 0 Å². The molecule has 5 nitrogen and oxygen atoms in total. The normalized spacial score (nSPS) is 26.4. The summed E-state index contributed by atoms with van der Waals surface area (Å²) in [4.78, 5) is 38.9. The first-order valence-electron chi connectivity index (χ1n) is 10.8. The van der Waals surface area contributed by atoms with E-state index >= 15 is 0 Å². The molecule has 2 unspecified atom stereocenters. The third kappa shape index (κ3) is 3.59. The molecule has 0 bridgehead atoms. The molecule has 3 amide bonds. The summed E-state index contributed by atoms with van der Waals surface area (Å²) >= 11 is 0. The average molecular weight is 383 g/mol. The molecule has 1 aliphatic heterocycles. The number of likely N-dealkylation sites (tertiary alicyclic amines) is 1. The van der Waals surface area contributed by atoms with Crippen LogP contribution in [0.1, 0.15) is 63.4 Å². The molecule has 0 spiro atoms. The number of carbonyl (C=O) groups excluding carboxylic acids is 3. The van der Waals surface area contributed by atoms with Gasteiger partial charge in [0.2, 0.25) is 17.7 Å². The van der Waals surface area contributed by atoms with Gasteiger partial charge in [-0.2, -0.15) is 0 Å². The van der Waals surface area contributed by atoms with Crippen LogP contribution in [0.15, 0.2) is 30.3 Å². The zero-order valence-electron chi connectivity index (χ0n) is 16.5. The fraction of sp³-hybridized carbons (Fsp3) is 0.609. The van der Waals surface area contributed by atoms with E-state index in [2.05, 4.69) is 29.6 Å². The third-order valence-electron chi connectivity index (χ3n) is 7.07. The van der Waals surface area contributed by atoms with Gasteiger partial charge < -0.3 is 5.32 Å². The van der Waals surface area contributed by atoms with Crippen molar-refractivity contribution in [2.24, 2.45) is 11.8 Å². The predicted octanol–water partition coefficient (Wildman–Crippen LogP) is 3.18. The summed E-state index contributed by atoms with van der Waals surface area (Å²) in [6.45, 7) is 0.845. The van der Waals surface area contributed by atoms with Crippen molar-refractivity contribution in [2.45, 2.75) is 63.2 Å². The van der Waals surface area contributed by atoms with Gasteiger partial charge in [0.15, 0.2) is 0 Å². The molecular weight excluding hydrogens is 352 g/mol. The van der Waals surface area contributed by atoms with Crippen LogP contribution in [-0.2, 0) is 19.8 Å². The van der Waals surface area contributed by atoms with Crippen LogP contribution >= 0.6 is 0 Å². The Balaban J connectivity index is 1.32. The Morgan fingerprint density at radius 3 is 2.18 bits per heavy atom. The number of nitrogens with one attached hydrogen (secondary N) is 1. The number of imide groups is 1. The predicted molar refractivity (Wildman–Crippen MR) is 106 cm³/mol. The number of hydrogen-bond acceptors (Lipinski definition) is 3. The summed E-state index contributed by atoms with van der Waals surface area (Å²) in [5.41, 5.74) is 1.31. The summed E-state index contributed by atoms with van der Waals surface area (Å²) in [7, 11) is 0. The minimum absolute atomic E-state index is 0.0190. The Hall–Kier alpha value is -2.17. The van der Waals surface area contributed by atoms with Gasteiger partial charge >= 0.3 is 0 Å². The SMILES string of the molecule is O=C(CCN1C(=O)C2CCCCC2C1=O)NCC1(c2ccccc2)CCCC1. The first kappa shape index (κ1) is 19.2. The molecule has 0 aromatic heterocycles. The summed E-state index contributed by atoms with van der Waals surface area (Å²) in [6.07, 6.45) is 8.42. The van der Waals surface area contributed by atoms with E-state index in [1.807, 2.05) is 6.07 Å². The largest absolute Gasteiger partial charge is 0.355 e. The van der Waals surface area contributed by atoms with Gasteiger partial charge in [0, 0.05) is 24.9 Å². The standard InChI is InChI=1S/C23H30N2O3/c26-20(12-15-25-21(27)18-10-4-5-11-19(18)22(25)28)24-16-23(13-6-7-14-23)17-8-2-1-3-9-17/h1-3,8-9,18-19H,4-7,10-16H2,(H,24,26). The van der Waals surface area contributed by atoms with Crippen molar-refractivity contribution in [3.63, 3.8) is 0 Å². The lowest BCUT2D eigenvalue weighted by molar-refractivity contribution is -0.140. The van der Waals surface area contributed by atoms with Gasteiger partial charge in [-0.3, -0.25) is 19.3 Å². The monoisotopic (exact) mass is 382 g/mol. The number of hydrogen-bond donors (Lipinski definition) is 1. The highest BCUT2D eigenvalue weighted by Crippen LogP contribution is 2.41. The number of carbonyl (C=O) groups is 3. The van der Waals surface area contributed by atoms with Crippen molar-refractivity contribution in [1.82, 2.24) is 10.2 Å². The number of benzene rings is 1. The average Bonchev–Trinajstić information content (AvgIpc) is 3.31. The second-order valence-corrected chi connectivity index (χ2v) is 8.71.